The summed E-state index contributed by atoms with van der Waals surface area (Å²) in [4.78, 5) is 12.4. The molecule has 0 aromatic rings. The Morgan fingerprint density at radius 1 is 1.64 bits per heavy atom. The van der Waals surface area contributed by atoms with Gasteiger partial charge >= 0.3 is 6.03 Å². The van der Waals surface area contributed by atoms with Crippen LogP contribution in [0, 0.1) is 5.41 Å². The lowest BCUT2D eigenvalue weighted by molar-refractivity contribution is 0.217. The first-order valence-corrected chi connectivity index (χ1v) is 4.80. The summed E-state index contributed by atoms with van der Waals surface area (Å²) in [6, 6.07) is -0.386. The summed E-state index contributed by atoms with van der Waals surface area (Å²) < 4.78 is 12.0. The second-order valence-corrected chi connectivity index (χ2v) is 3.01. The zero-order valence-electron chi connectivity index (χ0n) is 8.77. The minimum absolute atomic E-state index is 0.0483. The highest BCUT2D eigenvalue weighted by molar-refractivity contribution is 6.08. The largest absolute Gasteiger partial charge is 0.338 e. The molecule has 2 N–H and O–H groups in total. The molecule has 0 aliphatic heterocycles. The summed E-state index contributed by atoms with van der Waals surface area (Å²) in [6.07, 6.45) is 1.89. The van der Waals surface area contributed by atoms with E-state index < -0.39 is 6.67 Å². The van der Waals surface area contributed by atoms with Crippen LogP contribution in [0.5, 0.6) is 0 Å². The van der Waals surface area contributed by atoms with Crippen LogP contribution in [0.4, 0.5) is 9.18 Å². The fraction of sp³-hybridized carbons (Fsp3) is 0.750. The van der Waals surface area contributed by atoms with Crippen LogP contribution in [0.15, 0.2) is 0 Å². The number of nitrogens with zero attached hydrogens (tertiary/aromatic N) is 1. The third kappa shape index (κ3) is 4.84. The monoisotopic (exact) mass is 201 g/mol. The van der Waals surface area contributed by atoms with E-state index in [0.717, 1.165) is 17.6 Å². The molecule has 0 spiro atoms. The molecule has 4 nitrogen and oxygen atoms in total. The Morgan fingerprint density at radius 2 is 2.29 bits per heavy atom. The molecular weight excluding hydrogens is 184 g/mol. The van der Waals surface area contributed by atoms with Crippen molar-refractivity contribution >= 4 is 19.7 Å². The number of amidine groups is 1. The standard InChI is InChI=1S/C8H17BFN3O/c1-7(11)13(6-4-10)8(14)12-5-2-3-9/h11H,2-6,9H2,1H3,(H,12,14). The first-order valence-electron chi connectivity index (χ1n) is 4.80. The molecule has 0 aromatic heterocycles. The first-order chi connectivity index (χ1) is 6.63. The van der Waals surface area contributed by atoms with E-state index in [-0.39, 0.29) is 18.4 Å². The Hall–Kier alpha value is -1.07. The average molecular weight is 201 g/mol. The van der Waals surface area contributed by atoms with Gasteiger partial charge in [0.05, 0.1) is 6.54 Å². The SMILES string of the molecule is BCCCNC(=O)N(CCF)C(C)=N. The van der Waals surface area contributed by atoms with Crippen LogP contribution in [-0.2, 0) is 0 Å². The molecular formula is C8H17BFN3O. The lowest BCUT2D eigenvalue weighted by Crippen LogP contribution is -2.43. The van der Waals surface area contributed by atoms with Gasteiger partial charge in [0.1, 0.15) is 20.4 Å². The van der Waals surface area contributed by atoms with Gasteiger partial charge in [-0.3, -0.25) is 10.3 Å². The lowest BCUT2D eigenvalue weighted by atomic mass is 10.0. The molecule has 0 saturated heterocycles. The van der Waals surface area contributed by atoms with Crippen molar-refractivity contribution in [2.24, 2.45) is 0 Å². The van der Waals surface area contributed by atoms with E-state index in [0.29, 0.717) is 6.54 Å². The van der Waals surface area contributed by atoms with Gasteiger partial charge in [0.2, 0.25) is 0 Å². The summed E-state index contributed by atoms with van der Waals surface area (Å²) in [5.41, 5.74) is 0. The van der Waals surface area contributed by atoms with Gasteiger partial charge in [-0.1, -0.05) is 6.32 Å². The molecule has 80 valence electrons. The van der Waals surface area contributed by atoms with Gasteiger partial charge in [-0.25, -0.2) is 9.18 Å². The summed E-state index contributed by atoms with van der Waals surface area (Å²) in [5.74, 6) is 0.0663. The van der Waals surface area contributed by atoms with Crippen LogP contribution >= 0.6 is 0 Å². The van der Waals surface area contributed by atoms with Crippen LogP contribution < -0.4 is 5.32 Å². The number of hydrogen-bond donors (Lipinski definition) is 2. The minimum atomic E-state index is -0.628. The zero-order chi connectivity index (χ0) is 11.0. The summed E-state index contributed by atoms with van der Waals surface area (Å²) in [7, 11) is 2.02. The van der Waals surface area contributed by atoms with Crippen molar-refractivity contribution in [2.75, 3.05) is 19.8 Å². The van der Waals surface area contributed by atoms with E-state index >= 15 is 0 Å². The number of halogens is 1. The molecule has 0 bridgehead atoms. The van der Waals surface area contributed by atoms with Crippen molar-refractivity contribution in [2.45, 2.75) is 19.7 Å². The van der Waals surface area contributed by atoms with Crippen molar-refractivity contribution in [3.8, 4) is 0 Å². The van der Waals surface area contributed by atoms with E-state index in [9.17, 15) is 9.18 Å². The lowest BCUT2D eigenvalue weighted by Gasteiger charge is -2.19. The Morgan fingerprint density at radius 3 is 2.71 bits per heavy atom. The van der Waals surface area contributed by atoms with E-state index in [1.165, 1.54) is 6.92 Å². The molecule has 0 aliphatic rings. The number of nitrogens with one attached hydrogen (secondary N) is 2. The number of rotatable bonds is 5. The highest BCUT2D eigenvalue weighted by Crippen LogP contribution is 1.92. The maximum absolute atomic E-state index is 12.0. The molecule has 0 saturated carbocycles. The fourth-order valence-electron chi connectivity index (χ4n) is 0.974. The summed E-state index contributed by atoms with van der Waals surface area (Å²) in [6.45, 7) is 1.37. The number of hydrogen-bond acceptors (Lipinski definition) is 2. The predicted octanol–water partition coefficient (Wildman–Crippen LogP) is 0.406. The number of alkyl halides is 1. The van der Waals surface area contributed by atoms with E-state index in [4.69, 9.17) is 5.41 Å². The second-order valence-electron chi connectivity index (χ2n) is 3.01. The highest BCUT2D eigenvalue weighted by Gasteiger charge is 2.13. The third-order valence-electron chi connectivity index (χ3n) is 1.76. The van der Waals surface area contributed by atoms with Crippen LogP contribution in [0.3, 0.4) is 0 Å². The smallest absolute Gasteiger partial charge is 0.322 e. The van der Waals surface area contributed by atoms with Crippen molar-refractivity contribution in [1.82, 2.24) is 10.2 Å². The molecule has 0 heterocycles. The van der Waals surface area contributed by atoms with E-state index in [1.54, 1.807) is 0 Å². The molecule has 0 aliphatic carbocycles. The Balaban J connectivity index is 3.96. The van der Waals surface area contributed by atoms with Gasteiger partial charge in [0.15, 0.2) is 0 Å². The van der Waals surface area contributed by atoms with Gasteiger partial charge in [0, 0.05) is 6.54 Å². The Kier molecular flexibility index (Phi) is 6.79. The molecule has 0 atom stereocenters. The molecule has 0 aromatic carbocycles. The van der Waals surface area contributed by atoms with E-state index in [1.807, 2.05) is 7.85 Å². The fourth-order valence-corrected chi connectivity index (χ4v) is 0.974. The highest BCUT2D eigenvalue weighted by atomic mass is 19.1. The first kappa shape index (κ1) is 12.9. The quantitative estimate of drug-likeness (QED) is 0.287. The minimum Gasteiger partial charge on any atom is -0.338 e. The molecule has 6 heteroatoms. The van der Waals surface area contributed by atoms with Crippen molar-refractivity contribution in [3.05, 3.63) is 0 Å². The molecule has 14 heavy (non-hydrogen) atoms. The zero-order valence-corrected chi connectivity index (χ0v) is 8.77. The van der Waals surface area contributed by atoms with Crippen LogP contribution in [-0.4, -0.2) is 44.4 Å². The third-order valence-corrected chi connectivity index (χ3v) is 1.76. The van der Waals surface area contributed by atoms with Gasteiger partial charge in [-0.2, -0.15) is 0 Å². The Labute approximate surface area is 84.8 Å². The predicted molar refractivity (Wildman–Crippen MR) is 57.4 cm³/mol. The van der Waals surface area contributed by atoms with Crippen molar-refractivity contribution in [1.29, 1.82) is 5.41 Å². The summed E-state index contributed by atoms with van der Waals surface area (Å²) >= 11 is 0. The van der Waals surface area contributed by atoms with Gasteiger partial charge in [-0.15, -0.1) is 0 Å². The molecule has 0 fully saturated rings. The average Bonchev–Trinajstić information content (AvgIpc) is 2.13. The molecule has 0 rings (SSSR count). The molecule has 0 unspecified atom stereocenters. The van der Waals surface area contributed by atoms with Gasteiger partial charge in [0.25, 0.3) is 0 Å². The summed E-state index contributed by atoms with van der Waals surface area (Å²) in [5, 5.41) is 9.89. The van der Waals surface area contributed by atoms with Crippen LogP contribution in [0.2, 0.25) is 6.32 Å². The maximum atomic E-state index is 12.0. The number of urea groups is 1. The maximum Gasteiger partial charge on any atom is 0.322 e. The Bertz CT molecular complexity index is 201. The van der Waals surface area contributed by atoms with Gasteiger partial charge < -0.3 is 5.32 Å². The van der Waals surface area contributed by atoms with Gasteiger partial charge in [-0.05, 0) is 13.3 Å². The topological polar surface area (TPSA) is 56.2 Å². The normalized spacial score (nSPS) is 9.57. The number of carbonyl (C=O) groups is 1. The van der Waals surface area contributed by atoms with Crippen molar-refractivity contribution < 1.29 is 9.18 Å². The van der Waals surface area contributed by atoms with Crippen LogP contribution in [0.1, 0.15) is 13.3 Å². The molecule has 0 radical (unpaired) electrons. The second kappa shape index (κ2) is 7.35. The number of carbonyl (C=O) groups excluding carboxylic acids is 1. The molecule has 2 amide bonds. The number of amides is 2. The van der Waals surface area contributed by atoms with Crippen molar-refractivity contribution in [3.63, 3.8) is 0 Å². The van der Waals surface area contributed by atoms with Crippen LogP contribution in [0.25, 0.3) is 0 Å². The van der Waals surface area contributed by atoms with E-state index in [2.05, 4.69) is 5.32 Å².